The van der Waals surface area contributed by atoms with Crippen LogP contribution in [0.2, 0.25) is 0 Å². The van der Waals surface area contributed by atoms with E-state index in [1.165, 1.54) is 22.1 Å². The largest absolute Gasteiger partial charge is 0.481 e. The van der Waals surface area contributed by atoms with Gasteiger partial charge in [-0.3, -0.25) is 14.3 Å². The van der Waals surface area contributed by atoms with Crippen LogP contribution < -0.4 is 5.32 Å². The normalized spacial score (nSPS) is 13.5. The molecule has 28 heavy (non-hydrogen) atoms. The molecule has 2 N–H and O–H groups in total. The Morgan fingerprint density at radius 2 is 2.07 bits per heavy atom. The molecule has 2 aromatic heterocycles. The fourth-order valence-electron chi connectivity index (χ4n) is 3.23. The van der Waals surface area contributed by atoms with Crippen molar-refractivity contribution < 1.29 is 24.2 Å². The molecule has 0 bridgehead atoms. The average molecular weight is 405 g/mol. The van der Waals surface area contributed by atoms with E-state index in [0.717, 1.165) is 42.5 Å². The molecule has 0 fully saturated rings. The van der Waals surface area contributed by atoms with E-state index in [-0.39, 0.29) is 25.3 Å². The molecule has 1 amide bonds. The average Bonchev–Trinajstić information content (AvgIpc) is 3.19. The van der Waals surface area contributed by atoms with Crippen LogP contribution in [0.1, 0.15) is 63.9 Å². The van der Waals surface area contributed by atoms with Gasteiger partial charge in [0.1, 0.15) is 5.00 Å². The highest BCUT2D eigenvalue weighted by atomic mass is 32.1. The minimum Gasteiger partial charge on any atom is -0.481 e. The van der Waals surface area contributed by atoms with Crippen LogP contribution in [0.15, 0.2) is 12.3 Å². The van der Waals surface area contributed by atoms with E-state index in [4.69, 9.17) is 9.84 Å². The van der Waals surface area contributed by atoms with Gasteiger partial charge in [0.2, 0.25) is 0 Å². The van der Waals surface area contributed by atoms with Crippen LogP contribution in [-0.4, -0.2) is 39.3 Å². The second-order valence-corrected chi connectivity index (χ2v) is 7.66. The first kappa shape index (κ1) is 20.1. The number of hydrogen-bond acceptors (Lipinski definition) is 6. The third-order valence-electron chi connectivity index (χ3n) is 4.56. The van der Waals surface area contributed by atoms with Crippen molar-refractivity contribution in [3.63, 3.8) is 0 Å². The quantitative estimate of drug-likeness (QED) is 0.541. The topological polar surface area (TPSA) is 111 Å². The number of anilines is 1. The summed E-state index contributed by atoms with van der Waals surface area (Å²) in [6, 6.07) is 1.53. The Morgan fingerprint density at radius 1 is 1.29 bits per heavy atom. The van der Waals surface area contributed by atoms with Gasteiger partial charge in [-0.15, -0.1) is 11.3 Å². The zero-order chi connectivity index (χ0) is 20.1. The van der Waals surface area contributed by atoms with Gasteiger partial charge in [-0.1, -0.05) is 6.42 Å². The minimum absolute atomic E-state index is 0.0760. The number of carboxylic acids is 1. The van der Waals surface area contributed by atoms with Crippen molar-refractivity contribution in [1.29, 1.82) is 0 Å². The molecule has 0 saturated carbocycles. The van der Waals surface area contributed by atoms with E-state index in [1.54, 1.807) is 13.1 Å². The van der Waals surface area contributed by atoms with Gasteiger partial charge in [0.05, 0.1) is 25.1 Å². The van der Waals surface area contributed by atoms with Crippen molar-refractivity contribution >= 4 is 34.2 Å². The van der Waals surface area contributed by atoms with Crippen molar-refractivity contribution in [2.75, 3.05) is 11.9 Å². The first-order chi connectivity index (χ1) is 13.5. The Labute approximate surface area is 166 Å². The van der Waals surface area contributed by atoms with E-state index < -0.39 is 17.8 Å². The highest BCUT2D eigenvalue weighted by Crippen LogP contribution is 2.38. The van der Waals surface area contributed by atoms with Gasteiger partial charge in [0.15, 0.2) is 5.69 Å². The molecule has 3 rings (SSSR count). The number of fused-ring (bicyclic) bond motifs is 1. The first-order valence-electron chi connectivity index (χ1n) is 9.37. The molecular formula is C19H23N3O5S. The predicted molar refractivity (Wildman–Crippen MR) is 104 cm³/mol. The smallest absolute Gasteiger partial charge is 0.341 e. The van der Waals surface area contributed by atoms with Gasteiger partial charge in [-0.2, -0.15) is 5.10 Å². The summed E-state index contributed by atoms with van der Waals surface area (Å²) in [7, 11) is 0. The number of carbonyl (C=O) groups excluding carboxylic acids is 2. The predicted octanol–water partition coefficient (Wildman–Crippen LogP) is 3.12. The highest BCUT2D eigenvalue weighted by Gasteiger charge is 2.27. The van der Waals surface area contributed by atoms with Crippen LogP contribution in [0, 0.1) is 0 Å². The van der Waals surface area contributed by atoms with Crippen LogP contribution in [0.3, 0.4) is 0 Å². The van der Waals surface area contributed by atoms with Gasteiger partial charge < -0.3 is 15.2 Å². The molecule has 0 spiro atoms. The summed E-state index contributed by atoms with van der Waals surface area (Å²) in [5.74, 6) is -1.78. The van der Waals surface area contributed by atoms with Crippen molar-refractivity contribution in [1.82, 2.24) is 9.78 Å². The van der Waals surface area contributed by atoms with Crippen molar-refractivity contribution in [2.45, 2.75) is 52.0 Å². The maximum absolute atomic E-state index is 12.6. The van der Waals surface area contributed by atoms with Crippen molar-refractivity contribution in [3.05, 3.63) is 34.0 Å². The third kappa shape index (κ3) is 4.59. The van der Waals surface area contributed by atoms with E-state index >= 15 is 0 Å². The highest BCUT2D eigenvalue weighted by molar-refractivity contribution is 7.17. The molecule has 0 aromatic carbocycles. The number of hydrogen-bond donors (Lipinski definition) is 2. The number of rotatable bonds is 7. The van der Waals surface area contributed by atoms with E-state index in [1.807, 2.05) is 0 Å². The fourth-order valence-corrected chi connectivity index (χ4v) is 4.51. The van der Waals surface area contributed by atoms with Crippen LogP contribution in [0.4, 0.5) is 5.00 Å². The van der Waals surface area contributed by atoms with Crippen LogP contribution in [0.25, 0.3) is 0 Å². The minimum atomic E-state index is -0.930. The zero-order valence-corrected chi connectivity index (χ0v) is 16.5. The van der Waals surface area contributed by atoms with E-state index in [9.17, 15) is 14.4 Å². The number of aliphatic carboxylic acids is 1. The molecule has 2 aromatic rings. The lowest BCUT2D eigenvalue weighted by Gasteiger charge is -2.07. The molecular weight excluding hydrogens is 382 g/mol. The summed E-state index contributed by atoms with van der Waals surface area (Å²) < 4.78 is 6.64. The molecule has 0 aliphatic heterocycles. The summed E-state index contributed by atoms with van der Waals surface area (Å²) in [5, 5.41) is 16.2. The molecule has 0 radical (unpaired) electrons. The number of ether oxygens (including phenoxy) is 1. The first-order valence-corrected chi connectivity index (χ1v) is 10.2. The Hall–Kier alpha value is -2.68. The van der Waals surface area contributed by atoms with Gasteiger partial charge in [0, 0.05) is 11.1 Å². The van der Waals surface area contributed by atoms with Gasteiger partial charge >= 0.3 is 11.9 Å². The molecule has 2 heterocycles. The van der Waals surface area contributed by atoms with Crippen LogP contribution in [-0.2, 0) is 28.9 Å². The monoisotopic (exact) mass is 405 g/mol. The zero-order valence-electron chi connectivity index (χ0n) is 15.7. The summed E-state index contributed by atoms with van der Waals surface area (Å²) in [4.78, 5) is 37.0. The molecule has 1 aliphatic carbocycles. The van der Waals surface area contributed by atoms with Gasteiger partial charge in [-0.25, -0.2) is 4.79 Å². The lowest BCUT2D eigenvalue weighted by Crippen LogP contribution is -2.16. The van der Waals surface area contributed by atoms with Gasteiger partial charge in [0.25, 0.3) is 5.91 Å². The second-order valence-electron chi connectivity index (χ2n) is 6.55. The summed E-state index contributed by atoms with van der Waals surface area (Å²) in [6.07, 6.45) is 6.39. The molecule has 0 saturated heterocycles. The molecule has 9 heteroatoms. The SMILES string of the molecule is CCOC(=O)c1c(NC(=O)c2ccn(CCC(=O)O)n2)sc2c1CCCCC2. The number of thiophene rings is 1. The lowest BCUT2D eigenvalue weighted by molar-refractivity contribution is -0.137. The third-order valence-corrected chi connectivity index (χ3v) is 5.76. The Balaban J connectivity index is 1.82. The number of nitrogens with one attached hydrogen (secondary N) is 1. The number of aromatic nitrogens is 2. The van der Waals surface area contributed by atoms with Crippen LogP contribution in [0.5, 0.6) is 0 Å². The fraction of sp³-hybridized carbons (Fsp3) is 0.474. The molecule has 1 aliphatic rings. The molecule has 0 unspecified atom stereocenters. The summed E-state index contributed by atoms with van der Waals surface area (Å²) in [6.45, 7) is 2.21. The number of aryl methyl sites for hydroxylation is 2. The molecule has 8 nitrogen and oxygen atoms in total. The maximum atomic E-state index is 12.6. The second kappa shape index (κ2) is 9.01. The molecule has 150 valence electrons. The Bertz CT molecular complexity index is 886. The van der Waals surface area contributed by atoms with Gasteiger partial charge in [-0.05, 0) is 44.2 Å². The number of esters is 1. The standard InChI is InChI=1S/C19H23N3O5S/c1-2-27-19(26)16-12-6-4-3-5-7-14(12)28-18(16)20-17(25)13-8-10-22(21-13)11-9-15(23)24/h8,10H,2-7,9,11H2,1H3,(H,20,25)(H,23,24). The molecule has 0 atom stereocenters. The van der Waals surface area contributed by atoms with E-state index in [2.05, 4.69) is 10.4 Å². The summed E-state index contributed by atoms with van der Waals surface area (Å²) in [5.41, 5.74) is 1.62. The number of carbonyl (C=O) groups is 3. The number of nitrogens with zero attached hydrogens (tertiary/aromatic N) is 2. The Kier molecular flexibility index (Phi) is 6.45. The van der Waals surface area contributed by atoms with E-state index in [0.29, 0.717) is 10.6 Å². The van der Waals surface area contributed by atoms with Crippen LogP contribution >= 0.6 is 11.3 Å². The summed E-state index contributed by atoms with van der Waals surface area (Å²) >= 11 is 1.43. The Morgan fingerprint density at radius 3 is 2.82 bits per heavy atom. The number of amides is 1. The number of carboxylic acid groups (broad SMARTS) is 1. The van der Waals surface area contributed by atoms with Crippen molar-refractivity contribution in [2.24, 2.45) is 0 Å². The lowest BCUT2D eigenvalue weighted by atomic mass is 10.1. The van der Waals surface area contributed by atoms with Crippen molar-refractivity contribution in [3.8, 4) is 0 Å². The maximum Gasteiger partial charge on any atom is 0.341 e.